The SMILES string of the molecule is CNC(=O)[C@@H]1C[C@@H](O)C[N+]1(C)C1(c2cc(CCO[Si](C)(C)C(C)(C)C)ccc2OC)C(=O)Nc2ccc(Cl)cc21. The molecule has 2 aliphatic rings. The number of anilines is 1. The maximum absolute atomic E-state index is 14.4. The minimum Gasteiger partial charge on any atom is -0.496 e. The topological polar surface area (TPSA) is 96.9 Å². The number of halogens is 1. The fraction of sp³-hybridized carbons (Fsp3) is 0.533. The molecule has 4 atom stereocenters. The second-order valence-corrected chi connectivity index (χ2v) is 18.0. The lowest BCUT2D eigenvalue weighted by molar-refractivity contribution is -0.953. The van der Waals surface area contributed by atoms with Crippen LogP contribution in [0, 0.1) is 0 Å². The van der Waals surface area contributed by atoms with Crippen molar-refractivity contribution in [1.82, 2.24) is 5.32 Å². The van der Waals surface area contributed by atoms with Gasteiger partial charge >= 0.3 is 0 Å². The molecule has 0 saturated carbocycles. The number of likely N-dealkylation sites (N-methyl/N-ethyl adjacent to an activating group) is 2. The van der Waals surface area contributed by atoms with Crippen molar-refractivity contribution in [2.75, 3.05) is 39.7 Å². The zero-order valence-corrected chi connectivity index (χ0v) is 26.6. The number of nitrogens with zero attached hydrogens (tertiary/aromatic N) is 1. The van der Waals surface area contributed by atoms with Crippen LogP contribution in [0.15, 0.2) is 36.4 Å². The predicted molar refractivity (Wildman–Crippen MR) is 160 cm³/mol. The number of amides is 2. The van der Waals surface area contributed by atoms with Gasteiger partial charge in [0.2, 0.25) is 5.54 Å². The summed E-state index contributed by atoms with van der Waals surface area (Å²) in [6.45, 7) is 11.9. The van der Waals surface area contributed by atoms with E-state index in [1.807, 2.05) is 25.2 Å². The fourth-order valence-corrected chi connectivity index (χ4v) is 7.39. The van der Waals surface area contributed by atoms with Crippen molar-refractivity contribution in [3.63, 3.8) is 0 Å². The van der Waals surface area contributed by atoms with Crippen LogP contribution in [0.25, 0.3) is 0 Å². The van der Waals surface area contributed by atoms with Crippen LogP contribution < -0.4 is 15.4 Å². The number of nitrogens with one attached hydrogen (secondary N) is 2. The summed E-state index contributed by atoms with van der Waals surface area (Å²) in [5, 5.41) is 17.3. The van der Waals surface area contributed by atoms with Crippen LogP contribution in [0.1, 0.15) is 43.9 Å². The number of aliphatic hydroxyl groups is 1. The van der Waals surface area contributed by atoms with E-state index in [1.54, 1.807) is 32.4 Å². The van der Waals surface area contributed by atoms with Crippen molar-refractivity contribution in [2.45, 2.75) is 69.4 Å². The van der Waals surface area contributed by atoms with Gasteiger partial charge in [0.15, 0.2) is 14.4 Å². The van der Waals surface area contributed by atoms with Crippen molar-refractivity contribution in [1.29, 1.82) is 0 Å². The summed E-state index contributed by atoms with van der Waals surface area (Å²) in [5.41, 5.74) is 1.49. The number of ether oxygens (including phenoxy) is 1. The normalized spacial score (nSPS) is 26.4. The Bertz CT molecular complexity index is 1310. The van der Waals surface area contributed by atoms with Crippen molar-refractivity contribution in [3.8, 4) is 5.75 Å². The first-order valence-electron chi connectivity index (χ1n) is 13.8. The van der Waals surface area contributed by atoms with Crippen LogP contribution in [0.3, 0.4) is 0 Å². The van der Waals surface area contributed by atoms with E-state index < -0.39 is 26.0 Å². The maximum Gasteiger partial charge on any atom is 0.295 e. The molecular weight excluding hydrogens is 546 g/mol. The third-order valence-corrected chi connectivity index (χ3v) is 14.1. The molecule has 218 valence electrons. The molecule has 10 heteroatoms. The Hall–Kier alpha value is -2.43. The number of hydrogen-bond acceptors (Lipinski definition) is 5. The summed E-state index contributed by atoms with van der Waals surface area (Å²) in [6, 6.07) is 10.5. The van der Waals surface area contributed by atoms with Gasteiger partial charge in [-0.15, -0.1) is 0 Å². The van der Waals surface area contributed by atoms with Crippen LogP contribution in [0.2, 0.25) is 23.2 Å². The summed E-state index contributed by atoms with van der Waals surface area (Å²) in [4.78, 5) is 27.7. The Labute approximate surface area is 243 Å². The quantitative estimate of drug-likeness (QED) is 0.313. The molecule has 0 aliphatic carbocycles. The second-order valence-electron chi connectivity index (χ2n) is 12.7. The predicted octanol–water partition coefficient (Wildman–Crippen LogP) is 4.43. The molecule has 8 nitrogen and oxygen atoms in total. The summed E-state index contributed by atoms with van der Waals surface area (Å²) in [7, 11) is 3.09. The molecule has 0 bridgehead atoms. The molecule has 0 aromatic heterocycles. The number of likely N-dealkylation sites (tertiary alicyclic amines) is 1. The maximum atomic E-state index is 14.4. The third kappa shape index (κ3) is 4.85. The molecular formula is C30H43ClN3O5Si+. The average Bonchev–Trinajstić information content (AvgIpc) is 3.35. The molecule has 3 N–H and O–H groups in total. The lowest BCUT2D eigenvalue weighted by Gasteiger charge is -2.48. The summed E-state index contributed by atoms with van der Waals surface area (Å²) in [6.07, 6.45) is 0.102. The van der Waals surface area contributed by atoms with Crippen molar-refractivity contribution in [3.05, 3.63) is 58.1 Å². The molecule has 1 fully saturated rings. The minimum atomic E-state index is -1.94. The number of methoxy groups -OCH3 is 1. The monoisotopic (exact) mass is 588 g/mol. The van der Waals surface area contributed by atoms with E-state index in [2.05, 4.69) is 44.5 Å². The van der Waals surface area contributed by atoms with Crippen LogP contribution >= 0.6 is 11.6 Å². The molecule has 2 aromatic rings. The third-order valence-electron chi connectivity index (χ3n) is 9.35. The molecule has 2 heterocycles. The van der Waals surface area contributed by atoms with Gasteiger partial charge in [-0.25, -0.2) is 0 Å². The van der Waals surface area contributed by atoms with E-state index in [0.717, 1.165) is 5.56 Å². The zero-order valence-electron chi connectivity index (χ0n) is 24.9. The number of carbonyl (C=O) groups is 2. The lowest BCUT2D eigenvalue weighted by Crippen LogP contribution is -2.68. The zero-order chi connectivity index (χ0) is 29.7. The first-order valence-corrected chi connectivity index (χ1v) is 17.1. The number of quaternary nitrogens is 1. The van der Waals surface area contributed by atoms with E-state index in [9.17, 15) is 14.7 Å². The molecule has 2 aliphatic heterocycles. The van der Waals surface area contributed by atoms with E-state index in [4.69, 9.17) is 20.8 Å². The van der Waals surface area contributed by atoms with E-state index >= 15 is 0 Å². The van der Waals surface area contributed by atoms with Gasteiger partial charge < -0.3 is 24.9 Å². The largest absolute Gasteiger partial charge is 0.496 e. The number of hydrogen-bond donors (Lipinski definition) is 3. The molecule has 1 saturated heterocycles. The second kappa shape index (κ2) is 10.8. The van der Waals surface area contributed by atoms with Gasteiger partial charge in [-0.2, -0.15) is 0 Å². The van der Waals surface area contributed by atoms with Crippen LogP contribution in [0.5, 0.6) is 5.75 Å². The highest BCUT2D eigenvalue weighted by molar-refractivity contribution is 6.74. The first kappa shape index (κ1) is 30.5. The molecule has 40 heavy (non-hydrogen) atoms. The summed E-state index contributed by atoms with van der Waals surface area (Å²) in [5.74, 6) is -0.00345. The highest BCUT2D eigenvalue weighted by atomic mass is 35.5. The van der Waals surface area contributed by atoms with Gasteiger partial charge in [-0.05, 0) is 60.4 Å². The van der Waals surface area contributed by atoms with Crippen LogP contribution in [-0.4, -0.2) is 76.2 Å². The van der Waals surface area contributed by atoms with E-state index in [-0.39, 0.29) is 34.3 Å². The highest BCUT2D eigenvalue weighted by Gasteiger charge is 2.68. The van der Waals surface area contributed by atoms with Crippen molar-refractivity contribution >= 4 is 37.4 Å². The highest BCUT2D eigenvalue weighted by Crippen LogP contribution is 2.55. The molecule has 2 amide bonds. The van der Waals surface area contributed by atoms with Crippen molar-refractivity contribution < 1.29 is 28.3 Å². The first-order chi connectivity index (χ1) is 18.6. The molecule has 4 rings (SSSR count). The Morgan fingerprint density at radius 3 is 2.55 bits per heavy atom. The number of benzene rings is 2. The Balaban J connectivity index is 1.92. The standard InChI is InChI=1S/C30H42ClN3O5Si/c1-29(2,3)40(7,8)39-14-13-19-9-12-26(38-6)23(15-19)30(22-16-20(31)10-11-24(22)33-28(30)37)34(5)18-21(35)17-25(34)27(36)32-4/h9-12,15-16,21,25,35H,13-14,17-18H2,1-8H3,(H-,32,33,36,37)/p+1/t21-,25+,30?,34?/m1/s1. The van der Waals surface area contributed by atoms with Gasteiger partial charge in [-0.1, -0.05) is 38.4 Å². The van der Waals surface area contributed by atoms with Gasteiger partial charge in [0.05, 0.1) is 31.0 Å². The number of aliphatic hydroxyl groups excluding tert-OH is 1. The average molecular weight is 589 g/mol. The fourth-order valence-electron chi connectivity index (χ4n) is 6.18. The van der Waals surface area contributed by atoms with Crippen LogP contribution in [0.4, 0.5) is 5.69 Å². The molecule has 2 aromatic carbocycles. The number of rotatable bonds is 8. The lowest BCUT2D eigenvalue weighted by atomic mass is 9.78. The van der Waals surface area contributed by atoms with Gasteiger partial charge in [-0.3, -0.25) is 14.1 Å². The number of fused-ring (bicyclic) bond motifs is 1. The van der Waals surface area contributed by atoms with Crippen molar-refractivity contribution in [2.24, 2.45) is 0 Å². The summed E-state index contributed by atoms with van der Waals surface area (Å²) < 4.78 is 12.3. The van der Waals surface area contributed by atoms with Gasteiger partial charge in [0.1, 0.15) is 18.4 Å². The Morgan fingerprint density at radius 2 is 1.93 bits per heavy atom. The van der Waals surface area contributed by atoms with E-state index in [1.165, 1.54) is 0 Å². The molecule has 0 spiro atoms. The van der Waals surface area contributed by atoms with Gasteiger partial charge in [0.25, 0.3) is 11.8 Å². The Kier molecular flexibility index (Phi) is 8.21. The minimum absolute atomic E-state index is 0.0622. The van der Waals surface area contributed by atoms with E-state index in [0.29, 0.717) is 40.6 Å². The van der Waals surface area contributed by atoms with Gasteiger partial charge in [0, 0.05) is 25.1 Å². The number of carbonyl (C=O) groups excluding carboxylic acids is 2. The summed E-state index contributed by atoms with van der Waals surface area (Å²) >= 11 is 6.53. The van der Waals surface area contributed by atoms with Crippen LogP contribution in [-0.2, 0) is 26.0 Å². The smallest absolute Gasteiger partial charge is 0.295 e. The molecule has 2 unspecified atom stereocenters. The Morgan fingerprint density at radius 1 is 1.23 bits per heavy atom. The molecule has 0 radical (unpaired) electrons.